The van der Waals surface area contributed by atoms with Gasteiger partial charge in [-0.1, -0.05) is 6.92 Å². The fraction of sp³-hybridized carbons (Fsp3) is 0.889. The number of nitrogens with one attached hydrogen (secondary N) is 2. The normalized spacial score (nSPS) is 13.4. The Kier molecular flexibility index (Phi) is 7.70. The molecule has 0 heterocycles. The zero-order valence-corrected chi connectivity index (χ0v) is 11.2. The molecule has 0 aliphatic carbocycles. The minimum absolute atomic E-state index is 0.00804. The van der Waals surface area contributed by atoms with Crippen molar-refractivity contribution in [3.63, 3.8) is 0 Å². The first kappa shape index (κ1) is 15.7. The van der Waals surface area contributed by atoms with Crippen LogP contribution >= 0.6 is 11.6 Å². The second-order valence-corrected chi connectivity index (χ2v) is 5.80. The fourth-order valence-electron chi connectivity index (χ4n) is 1.08. The standard InChI is InChI=1S/C9H19ClN2O3S/c1-3-11-9(13)4-5-12-16(14,15)7-8(2)6-10/h8,12H,3-7H2,1-2H3,(H,11,13). The molecule has 0 rings (SSSR count). The van der Waals surface area contributed by atoms with Gasteiger partial charge in [0.15, 0.2) is 0 Å². The van der Waals surface area contributed by atoms with Crippen molar-refractivity contribution < 1.29 is 13.2 Å². The van der Waals surface area contributed by atoms with E-state index < -0.39 is 10.0 Å². The Labute approximate surface area is 102 Å². The molecule has 96 valence electrons. The van der Waals surface area contributed by atoms with E-state index >= 15 is 0 Å². The van der Waals surface area contributed by atoms with Gasteiger partial charge in [0.1, 0.15) is 0 Å². The van der Waals surface area contributed by atoms with Gasteiger partial charge in [0.2, 0.25) is 15.9 Å². The highest BCUT2D eigenvalue weighted by atomic mass is 35.5. The summed E-state index contributed by atoms with van der Waals surface area (Å²) in [4.78, 5) is 11.0. The Morgan fingerprint density at radius 1 is 1.44 bits per heavy atom. The number of alkyl halides is 1. The summed E-state index contributed by atoms with van der Waals surface area (Å²) in [6, 6.07) is 0. The van der Waals surface area contributed by atoms with Crippen LogP contribution in [-0.4, -0.2) is 39.0 Å². The number of halogens is 1. The van der Waals surface area contributed by atoms with Gasteiger partial charge >= 0.3 is 0 Å². The van der Waals surface area contributed by atoms with E-state index in [9.17, 15) is 13.2 Å². The van der Waals surface area contributed by atoms with Crippen molar-refractivity contribution >= 4 is 27.5 Å². The van der Waals surface area contributed by atoms with Crippen molar-refractivity contribution in [1.82, 2.24) is 10.0 Å². The maximum Gasteiger partial charge on any atom is 0.221 e. The third-order valence-electron chi connectivity index (χ3n) is 1.82. The SMILES string of the molecule is CCNC(=O)CCNS(=O)(=O)CC(C)CCl. The van der Waals surface area contributed by atoms with Crippen molar-refractivity contribution in [3.8, 4) is 0 Å². The topological polar surface area (TPSA) is 75.3 Å². The Hall–Kier alpha value is -0.330. The zero-order valence-electron chi connectivity index (χ0n) is 9.62. The van der Waals surface area contributed by atoms with Crippen LogP contribution in [-0.2, 0) is 14.8 Å². The van der Waals surface area contributed by atoms with Gasteiger partial charge < -0.3 is 5.32 Å². The van der Waals surface area contributed by atoms with Crippen LogP contribution in [0, 0.1) is 5.92 Å². The first-order valence-corrected chi connectivity index (χ1v) is 7.40. The van der Waals surface area contributed by atoms with Crippen LogP contribution in [0.25, 0.3) is 0 Å². The van der Waals surface area contributed by atoms with Crippen molar-refractivity contribution in [2.24, 2.45) is 5.92 Å². The van der Waals surface area contributed by atoms with Crippen molar-refractivity contribution in [2.75, 3.05) is 24.7 Å². The van der Waals surface area contributed by atoms with Crippen LogP contribution in [0.2, 0.25) is 0 Å². The van der Waals surface area contributed by atoms with Gasteiger partial charge in [0, 0.05) is 25.4 Å². The molecule has 0 fully saturated rings. The molecule has 5 nitrogen and oxygen atoms in total. The van der Waals surface area contributed by atoms with E-state index in [1.165, 1.54) is 0 Å². The molecule has 0 saturated heterocycles. The van der Waals surface area contributed by atoms with Gasteiger partial charge in [0.25, 0.3) is 0 Å². The molecule has 0 aliphatic heterocycles. The number of sulfonamides is 1. The van der Waals surface area contributed by atoms with Crippen molar-refractivity contribution in [3.05, 3.63) is 0 Å². The summed E-state index contributed by atoms with van der Waals surface area (Å²) in [5, 5.41) is 2.59. The van der Waals surface area contributed by atoms with E-state index in [-0.39, 0.29) is 30.5 Å². The predicted octanol–water partition coefficient (Wildman–Crippen LogP) is 0.307. The van der Waals surface area contributed by atoms with E-state index in [0.717, 1.165) is 0 Å². The summed E-state index contributed by atoms with van der Waals surface area (Å²) in [7, 11) is -3.32. The second-order valence-electron chi connectivity index (χ2n) is 3.64. The third-order valence-corrected chi connectivity index (χ3v) is 3.99. The highest BCUT2D eigenvalue weighted by Gasteiger charge is 2.14. The quantitative estimate of drug-likeness (QED) is 0.623. The molecule has 1 amide bonds. The van der Waals surface area contributed by atoms with Crippen LogP contribution in [0.3, 0.4) is 0 Å². The Morgan fingerprint density at radius 3 is 2.56 bits per heavy atom. The maximum atomic E-state index is 11.4. The molecule has 0 spiro atoms. The summed E-state index contributed by atoms with van der Waals surface area (Å²) >= 11 is 5.53. The van der Waals surface area contributed by atoms with Crippen LogP contribution in [0.15, 0.2) is 0 Å². The molecule has 1 atom stereocenters. The number of hydrogen-bond donors (Lipinski definition) is 2. The summed E-state index contributed by atoms with van der Waals surface area (Å²) in [5.74, 6) is 0.0441. The largest absolute Gasteiger partial charge is 0.356 e. The average Bonchev–Trinajstić information content (AvgIpc) is 2.16. The highest BCUT2D eigenvalue weighted by molar-refractivity contribution is 7.89. The molecule has 2 N–H and O–H groups in total. The van der Waals surface area contributed by atoms with Gasteiger partial charge in [-0.15, -0.1) is 11.6 Å². The van der Waals surface area contributed by atoms with E-state index in [0.29, 0.717) is 12.4 Å². The Balaban J connectivity index is 3.87. The molecule has 0 aromatic carbocycles. The number of rotatable bonds is 8. The van der Waals surface area contributed by atoms with Crippen molar-refractivity contribution in [1.29, 1.82) is 0 Å². The predicted molar refractivity (Wildman–Crippen MR) is 65.0 cm³/mol. The minimum Gasteiger partial charge on any atom is -0.356 e. The minimum atomic E-state index is -3.32. The lowest BCUT2D eigenvalue weighted by atomic mass is 10.3. The van der Waals surface area contributed by atoms with E-state index in [1.807, 2.05) is 6.92 Å². The molecule has 0 aromatic heterocycles. The lowest BCUT2D eigenvalue weighted by Crippen LogP contribution is -2.33. The third kappa shape index (κ3) is 7.90. The lowest BCUT2D eigenvalue weighted by molar-refractivity contribution is -0.120. The molecular weight excluding hydrogens is 252 g/mol. The van der Waals surface area contributed by atoms with Crippen LogP contribution in [0.4, 0.5) is 0 Å². The molecule has 16 heavy (non-hydrogen) atoms. The van der Waals surface area contributed by atoms with E-state index in [4.69, 9.17) is 11.6 Å². The maximum absolute atomic E-state index is 11.4. The van der Waals surface area contributed by atoms with Gasteiger partial charge in [0.05, 0.1) is 5.75 Å². The first-order valence-electron chi connectivity index (χ1n) is 5.21. The molecule has 0 bridgehead atoms. The Morgan fingerprint density at radius 2 is 2.06 bits per heavy atom. The highest BCUT2D eigenvalue weighted by Crippen LogP contribution is 2.01. The van der Waals surface area contributed by atoms with Gasteiger partial charge in [-0.2, -0.15) is 0 Å². The molecule has 0 aromatic rings. The molecule has 1 unspecified atom stereocenters. The van der Waals surface area contributed by atoms with Gasteiger partial charge in [-0.05, 0) is 12.8 Å². The smallest absolute Gasteiger partial charge is 0.221 e. The zero-order chi connectivity index (χ0) is 12.6. The number of carbonyl (C=O) groups is 1. The van der Waals surface area contributed by atoms with E-state index in [1.54, 1.807) is 6.92 Å². The Bertz CT molecular complexity index is 306. The van der Waals surface area contributed by atoms with Crippen molar-refractivity contribution in [2.45, 2.75) is 20.3 Å². The summed E-state index contributed by atoms with van der Waals surface area (Å²) in [5.41, 5.74) is 0. The van der Waals surface area contributed by atoms with Gasteiger partial charge in [-0.25, -0.2) is 13.1 Å². The number of hydrogen-bond acceptors (Lipinski definition) is 3. The molecule has 0 aliphatic rings. The number of amides is 1. The summed E-state index contributed by atoms with van der Waals surface area (Å²) in [6.45, 7) is 4.25. The molecule has 0 radical (unpaired) electrons. The van der Waals surface area contributed by atoms with Crippen LogP contribution < -0.4 is 10.0 Å². The monoisotopic (exact) mass is 270 g/mol. The molecule has 7 heteroatoms. The van der Waals surface area contributed by atoms with Crippen LogP contribution in [0.1, 0.15) is 20.3 Å². The lowest BCUT2D eigenvalue weighted by Gasteiger charge is -2.09. The second kappa shape index (κ2) is 7.86. The van der Waals surface area contributed by atoms with Gasteiger partial charge in [-0.3, -0.25) is 4.79 Å². The first-order chi connectivity index (χ1) is 7.41. The fourth-order valence-corrected chi connectivity index (χ4v) is 2.72. The summed E-state index contributed by atoms with van der Waals surface area (Å²) < 4.78 is 25.2. The number of carbonyl (C=O) groups excluding carboxylic acids is 1. The molecular formula is C9H19ClN2O3S. The molecule has 0 saturated carbocycles. The van der Waals surface area contributed by atoms with E-state index in [2.05, 4.69) is 10.0 Å². The average molecular weight is 271 g/mol. The summed E-state index contributed by atoms with van der Waals surface area (Å²) in [6.07, 6.45) is 0.155. The van der Waals surface area contributed by atoms with Crippen LogP contribution in [0.5, 0.6) is 0 Å².